The van der Waals surface area contributed by atoms with Gasteiger partial charge in [0.05, 0.1) is 0 Å². The fourth-order valence-electron chi connectivity index (χ4n) is 2.74. The van der Waals surface area contributed by atoms with Gasteiger partial charge in [-0.05, 0) is 60.6 Å². The van der Waals surface area contributed by atoms with Crippen LogP contribution in [-0.4, -0.2) is 26.2 Å². The minimum atomic E-state index is -0.171. The summed E-state index contributed by atoms with van der Waals surface area (Å²) in [6, 6.07) is 9.37. The number of ketones is 1. The van der Waals surface area contributed by atoms with Crippen LogP contribution in [0.25, 0.3) is 0 Å². The fourth-order valence-corrected chi connectivity index (χ4v) is 2.74. The van der Waals surface area contributed by atoms with E-state index in [4.69, 9.17) is 0 Å². The smallest absolute Gasteiger partial charge is 0.157 e. The molecule has 0 bridgehead atoms. The van der Waals surface area contributed by atoms with Crippen LogP contribution in [-0.2, 0) is 17.6 Å². The third-order valence-electron chi connectivity index (χ3n) is 4.27. The van der Waals surface area contributed by atoms with Gasteiger partial charge >= 0.3 is 0 Å². The van der Waals surface area contributed by atoms with Crippen molar-refractivity contribution >= 4 is 5.78 Å². The predicted octanol–water partition coefficient (Wildman–Crippen LogP) is 3.67. The summed E-state index contributed by atoms with van der Waals surface area (Å²) in [5.41, 5.74) is 1.74. The van der Waals surface area contributed by atoms with Crippen molar-refractivity contribution in [1.29, 1.82) is 0 Å². The van der Waals surface area contributed by atoms with Gasteiger partial charge in [0, 0.05) is 12.8 Å². The van der Waals surface area contributed by atoms with Crippen LogP contribution in [0.15, 0.2) is 36.4 Å². The Balaban J connectivity index is 1.75. The maximum Gasteiger partial charge on any atom is 0.157 e. The Hall–Kier alpha value is -2.69. The second-order valence-electron chi connectivity index (χ2n) is 6.53. The van der Waals surface area contributed by atoms with Crippen molar-refractivity contribution in [2.75, 3.05) is 0 Å². The Labute approximate surface area is 147 Å². The van der Waals surface area contributed by atoms with Crippen molar-refractivity contribution in [1.82, 2.24) is 0 Å². The van der Waals surface area contributed by atoms with Crippen molar-refractivity contribution in [2.45, 2.75) is 39.0 Å². The topological polar surface area (TPSA) is 98.0 Å². The first-order valence-corrected chi connectivity index (χ1v) is 8.38. The summed E-state index contributed by atoms with van der Waals surface area (Å²) in [5, 5.41) is 37.5. The number of hydrogen-bond donors (Lipinski definition) is 4. The van der Waals surface area contributed by atoms with E-state index in [1.807, 2.05) is 6.92 Å². The lowest BCUT2D eigenvalue weighted by Gasteiger charge is -2.11. The van der Waals surface area contributed by atoms with Crippen LogP contribution < -0.4 is 0 Å². The van der Waals surface area contributed by atoms with Gasteiger partial charge in [-0.1, -0.05) is 19.1 Å². The molecule has 4 N–H and O–H groups in total. The van der Waals surface area contributed by atoms with Gasteiger partial charge in [0.15, 0.2) is 23.0 Å². The molecule has 2 rings (SSSR count). The number of carbonyl (C=O) groups is 1. The molecule has 0 fully saturated rings. The molecular formula is C20H24O5. The first-order valence-electron chi connectivity index (χ1n) is 8.38. The van der Waals surface area contributed by atoms with Gasteiger partial charge < -0.3 is 20.4 Å². The molecule has 0 heterocycles. The number of aryl methyl sites for hydroxylation is 2. The molecule has 0 radical (unpaired) electrons. The first kappa shape index (κ1) is 18.6. The number of phenolic OH excluding ortho intramolecular Hbond substituents is 4. The second kappa shape index (κ2) is 8.42. The van der Waals surface area contributed by atoms with E-state index in [1.54, 1.807) is 18.2 Å². The molecule has 1 atom stereocenters. The van der Waals surface area contributed by atoms with Crippen LogP contribution >= 0.6 is 0 Å². The molecule has 5 nitrogen and oxygen atoms in total. The summed E-state index contributed by atoms with van der Waals surface area (Å²) >= 11 is 0. The molecule has 134 valence electrons. The van der Waals surface area contributed by atoms with Gasteiger partial charge in [-0.2, -0.15) is 0 Å². The highest BCUT2D eigenvalue weighted by atomic mass is 16.3. The molecule has 0 spiro atoms. The van der Waals surface area contributed by atoms with E-state index in [1.165, 1.54) is 18.2 Å². The molecule has 25 heavy (non-hydrogen) atoms. The van der Waals surface area contributed by atoms with E-state index in [0.717, 1.165) is 24.0 Å². The molecule has 0 aliphatic carbocycles. The quantitative estimate of drug-likeness (QED) is 0.548. The number of phenols is 4. The lowest BCUT2D eigenvalue weighted by molar-refractivity contribution is -0.119. The number of hydrogen-bond acceptors (Lipinski definition) is 5. The summed E-state index contributed by atoms with van der Waals surface area (Å²) in [6.07, 6.45) is 2.96. The Kier molecular flexibility index (Phi) is 6.28. The van der Waals surface area contributed by atoms with Crippen molar-refractivity contribution in [3.05, 3.63) is 47.5 Å². The number of carbonyl (C=O) groups excluding carboxylic acids is 1. The molecule has 2 aromatic carbocycles. The fraction of sp³-hybridized carbons (Fsp3) is 0.350. The molecule has 5 heteroatoms. The predicted molar refractivity (Wildman–Crippen MR) is 95.0 cm³/mol. The number of aromatic hydroxyl groups is 4. The molecule has 0 aliphatic heterocycles. The van der Waals surface area contributed by atoms with E-state index in [9.17, 15) is 25.2 Å². The molecule has 0 aromatic heterocycles. The van der Waals surface area contributed by atoms with Gasteiger partial charge in [0.25, 0.3) is 0 Å². The summed E-state index contributed by atoms with van der Waals surface area (Å²) in [4.78, 5) is 12.1. The minimum absolute atomic E-state index is 0.127. The molecule has 0 amide bonds. The van der Waals surface area contributed by atoms with Gasteiger partial charge in [-0.25, -0.2) is 0 Å². The lowest BCUT2D eigenvalue weighted by Crippen LogP contribution is -2.07. The SMILES string of the molecule is CC(CCc1ccc(O)c(O)c1)CC(=O)CCc1ccc(O)c(O)c1. The van der Waals surface area contributed by atoms with Crippen molar-refractivity contribution in [3.8, 4) is 23.0 Å². The van der Waals surface area contributed by atoms with Crippen LogP contribution in [0.1, 0.15) is 37.3 Å². The zero-order valence-electron chi connectivity index (χ0n) is 14.3. The maximum absolute atomic E-state index is 12.1. The first-order chi connectivity index (χ1) is 11.8. The van der Waals surface area contributed by atoms with Crippen LogP contribution in [0.2, 0.25) is 0 Å². The molecule has 0 saturated carbocycles. The van der Waals surface area contributed by atoms with Crippen molar-refractivity contribution in [3.63, 3.8) is 0 Å². The summed E-state index contributed by atoms with van der Waals surface area (Å²) in [6.45, 7) is 2.02. The average Bonchev–Trinajstić information content (AvgIpc) is 2.57. The number of Topliss-reactive ketones (excluding diaryl/α,β-unsaturated/α-hetero) is 1. The van der Waals surface area contributed by atoms with Crippen molar-refractivity contribution in [2.24, 2.45) is 5.92 Å². The van der Waals surface area contributed by atoms with Crippen LogP contribution in [0.3, 0.4) is 0 Å². The van der Waals surface area contributed by atoms with Gasteiger partial charge in [-0.3, -0.25) is 4.79 Å². The maximum atomic E-state index is 12.1. The Bertz CT molecular complexity index is 739. The minimum Gasteiger partial charge on any atom is -0.504 e. The highest BCUT2D eigenvalue weighted by Crippen LogP contribution is 2.27. The summed E-state index contributed by atoms with van der Waals surface area (Å²) < 4.78 is 0. The summed E-state index contributed by atoms with van der Waals surface area (Å²) in [7, 11) is 0. The van der Waals surface area contributed by atoms with Crippen LogP contribution in [0.5, 0.6) is 23.0 Å². The standard InChI is InChI=1S/C20H24O5/c1-13(2-3-14-5-8-17(22)19(24)11-14)10-16(21)7-4-15-6-9-18(23)20(25)12-15/h5-6,8-9,11-13,22-25H,2-4,7,10H2,1H3. The van der Waals surface area contributed by atoms with E-state index in [0.29, 0.717) is 19.3 Å². The largest absolute Gasteiger partial charge is 0.504 e. The monoisotopic (exact) mass is 344 g/mol. The number of benzene rings is 2. The zero-order chi connectivity index (χ0) is 18.4. The molecule has 2 aromatic rings. The Morgan fingerprint density at radius 2 is 1.36 bits per heavy atom. The van der Waals surface area contributed by atoms with Gasteiger partial charge in [0.2, 0.25) is 0 Å². The average molecular weight is 344 g/mol. The van der Waals surface area contributed by atoms with E-state index >= 15 is 0 Å². The Morgan fingerprint density at radius 1 is 0.840 bits per heavy atom. The van der Waals surface area contributed by atoms with Crippen LogP contribution in [0.4, 0.5) is 0 Å². The second-order valence-corrected chi connectivity index (χ2v) is 6.53. The summed E-state index contributed by atoms with van der Waals surface area (Å²) in [5.74, 6) is -0.213. The van der Waals surface area contributed by atoms with E-state index in [2.05, 4.69) is 0 Å². The van der Waals surface area contributed by atoms with Crippen molar-refractivity contribution < 1.29 is 25.2 Å². The highest BCUT2D eigenvalue weighted by molar-refractivity contribution is 5.78. The van der Waals surface area contributed by atoms with Gasteiger partial charge in [0.1, 0.15) is 5.78 Å². The zero-order valence-corrected chi connectivity index (χ0v) is 14.3. The highest BCUT2D eigenvalue weighted by Gasteiger charge is 2.11. The Morgan fingerprint density at radius 3 is 1.88 bits per heavy atom. The third-order valence-corrected chi connectivity index (χ3v) is 4.27. The molecule has 1 unspecified atom stereocenters. The molecular weight excluding hydrogens is 320 g/mol. The number of rotatable bonds is 8. The van der Waals surface area contributed by atoms with Crippen LogP contribution in [0, 0.1) is 5.92 Å². The molecule has 0 saturated heterocycles. The van der Waals surface area contributed by atoms with E-state index in [-0.39, 0.29) is 34.7 Å². The molecule has 0 aliphatic rings. The lowest BCUT2D eigenvalue weighted by atomic mass is 9.94. The van der Waals surface area contributed by atoms with Gasteiger partial charge in [-0.15, -0.1) is 0 Å². The van der Waals surface area contributed by atoms with E-state index < -0.39 is 0 Å². The third kappa shape index (κ3) is 5.71. The normalized spacial score (nSPS) is 12.0.